The first kappa shape index (κ1) is 22.1. The van der Waals surface area contributed by atoms with Gasteiger partial charge in [0.2, 0.25) is 12.5 Å². The highest BCUT2D eigenvalue weighted by Crippen LogP contribution is 2.32. The molecule has 4 aromatic rings. The lowest BCUT2D eigenvalue weighted by Crippen LogP contribution is -2.46. The summed E-state index contributed by atoms with van der Waals surface area (Å²) in [5.74, 6) is 0.541. The van der Waals surface area contributed by atoms with Crippen molar-refractivity contribution >= 4 is 5.91 Å². The Morgan fingerprint density at radius 2 is 1.74 bits per heavy atom. The van der Waals surface area contributed by atoms with E-state index in [9.17, 15) is 14.4 Å². The highest BCUT2D eigenvalue weighted by atomic mass is 16.7. The summed E-state index contributed by atoms with van der Waals surface area (Å²) in [5, 5.41) is 6.87. The van der Waals surface area contributed by atoms with Gasteiger partial charge in [-0.2, -0.15) is 9.78 Å². The second-order valence-electron chi connectivity index (χ2n) is 8.13. The van der Waals surface area contributed by atoms with Gasteiger partial charge in [0, 0.05) is 6.54 Å². The molecule has 9 nitrogen and oxygen atoms in total. The number of ether oxygens (including phenoxy) is 2. The van der Waals surface area contributed by atoms with Crippen LogP contribution in [0.5, 0.6) is 11.5 Å². The van der Waals surface area contributed by atoms with E-state index in [4.69, 9.17) is 9.47 Å². The SMILES string of the molecule is Cc1cccc(Cn2c(=O)c(C(=O)NCc3ccc4c(c3)OCO4)nn(-c3ccccc3)c2=O)c1. The lowest BCUT2D eigenvalue weighted by atomic mass is 10.1. The summed E-state index contributed by atoms with van der Waals surface area (Å²) in [6.45, 7) is 2.22. The molecule has 0 unspecified atom stereocenters. The molecule has 1 aliphatic rings. The van der Waals surface area contributed by atoms with E-state index in [0.717, 1.165) is 25.9 Å². The van der Waals surface area contributed by atoms with Crippen molar-refractivity contribution in [3.05, 3.63) is 116 Å². The minimum Gasteiger partial charge on any atom is -0.454 e. The van der Waals surface area contributed by atoms with Crippen LogP contribution in [0.4, 0.5) is 0 Å². The van der Waals surface area contributed by atoms with Gasteiger partial charge in [-0.3, -0.25) is 14.2 Å². The van der Waals surface area contributed by atoms with Crippen molar-refractivity contribution in [1.82, 2.24) is 19.7 Å². The van der Waals surface area contributed by atoms with E-state index >= 15 is 0 Å². The third-order valence-corrected chi connectivity index (χ3v) is 5.59. The molecule has 176 valence electrons. The minimum absolute atomic E-state index is 0.0111. The Balaban J connectivity index is 1.51. The molecule has 1 N–H and O–H groups in total. The number of hydrogen-bond acceptors (Lipinski definition) is 6. The summed E-state index contributed by atoms with van der Waals surface area (Å²) in [6, 6.07) is 21.5. The van der Waals surface area contributed by atoms with E-state index in [2.05, 4.69) is 10.4 Å². The van der Waals surface area contributed by atoms with Crippen molar-refractivity contribution in [2.75, 3.05) is 6.79 Å². The predicted octanol–water partition coefficient (Wildman–Crippen LogP) is 2.41. The first-order chi connectivity index (χ1) is 17.0. The first-order valence-corrected chi connectivity index (χ1v) is 11.0. The lowest BCUT2D eigenvalue weighted by molar-refractivity contribution is 0.0941. The van der Waals surface area contributed by atoms with Crippen molar-refractivity contribution in [3.8, 4) is 17.2 Å². The van der Waals surface area contributed by atoms with Gasteiger partial charge < -0.3 is 14.8 Å². The van der Waals surface area contributed by atoms with Crippen LogP contribution in [0.3, 0.4) is 0 Å². The first-order valence-electron chi connectivity index (χ1n) is 11.0. The van der Waals surface area contributed by atoms with Gasteiger partial charge in [-0.15, -0.1) is 0 Å². The second kappa shape index (κ2) is 9.30. The van der Waals surface area contributed by atoms with Crippen molar-refractivity contribution in [2.24, 2.45) is 0 Å². The zero-order chi connectivity index (χ0) is 24.4. The summed E-state index contributed by atoms with van der Waals surface area (Å²) in [4.78, 5) is 39.6. The lowest BCUT2D eigenvalue weighted by Gasteiger charge is -2.13. The molecule has 2 heterocycles. The number of fused-ring (bicyclic) bond motifs is 1. The van der Waals surface area contributed by atoms with Crippen LogP contribution in [0.25, 0.3) is 5.69 Å². The molecular weight excluding hydrogens is 448 g/mol. The van der Waals surface area contributed by atoms with Gasteiger partial charge in [0.05, 0.1) is 12.2 Å². The van der Waals surface area contributed by atoms with E-state index in [1.165, 1.54) is 0 Å². The molecule has 0 saturated heterocycles. The molecule has 1 aromatic heterocycles. The van der Waals surface area contributed by atoms with Crippen LogP contribution >= 0.6 is 0 Å². The van der Waals surface area contributed by atoms with Gasteiger partial charge in [-0.1, -0.05) is 54.1 Å². The molecule has 3 aromatic carbocycles. The van der Waals surface area contributed by atoms with E-state index in [0.29, 0.717) is 17.2 Å². The predicted molar refractivity (Wildman–Crippen MR) is 128 cm³/mol. The molecule has 1 aliphatic heterocycles. The van der Waals surface area contributed by atoms with Crippen molar-refractivity contribution in [1.29, 1.82) is 0 Å². The third-order valence-electron chi connectivity index (χ3n) is 5.59. The zero-order valence-corrected chi connectivity index (χ0v) is 18.9. The summed E-state index contributed by atoms with van der Waals surface area (Å²) in [6.07, 6.45) is 0. The number of benzene rings is 3. The summed E-state index contributed by atoms with van der Waals surface area (Å²) < 4.78 is 12.8. The Bertz CT molecular complexity index is 1530. The van der Waals surface area contributed by atoms with Crippen LogP contribution < -0.4 is 26.0 Å². The van der Waals surface area contributed by atoms with Gasteiger partial charge >= 0.3 is 5.69 Å². The zero-order valence-electron chi connectivity index (χ0n) is 18.9. The number of para-hydroxylation sites is 1. The van der Waals surface area contributed by atoms with Gasteiger partial charge in [-0.25, -0.2) is 4.79 Å². The fourth-order valence-electron chi connectivity index (χ4n) is 3.84. The average molecular weight is 470 g/mol. The van der Waals surface area contributed by atoms with Gasteiger partial charge in [0.25, 0.3) is 11.5 Å². The molecular formula is C26H22N4O5. The molecule has 0 fully saturated rings. The normalized spacial score (nSPS) is 11.9. The Morgan fingerprint density at radius 1 is 0.943 bits per heavy atom. The standard InChI is InChI=1S/C26H22N4O5/c1-17-6-5-7-19(12-17)15-29-25(32)23(28-30(26(29)33)20-8-3-2-4-9-20)24(31)27-14-18-10-11-21-22(13-18)35-16-34-21/h2-13H,14-16H2,1H3,(H,27,31). The number of aryl methyl sites for hydroxylation is 1. The number of carbonyl (C=O) groups excluding carboxylic acids is 1. The molecule has 0 radical (unpaired) electrons. The summed E-state index contributed by atoms with van der Waals surface area (Å²) in [7, 11) is 0. The van der Waals surface area contributed by atoms with Gasteiger partial charge in [-0.05, 0) is 42.3 Å². The van der Waals surface area contributed by atoms with Crippen molar-refractivity contribution < 1.29 is 14.3 Å². The van der Waals surface area contributed by atoms with E-state index < -0.39 is 17.2 Å². The van der Waals surface area contributed by atoms with Crippen LogP contribution in [0.1, 0.15) is 27.2 Å². The van der Waals surface area contributed by atoms with Crippen LogP contribution in [0.2, 0.25) is 0 Å². The number of amides is 1. The van der Waals surface area contributed by atoms with Crippen LogP contribution in [0, 0.1) is 6.92 Å². The van der Waals surface area contributed by atoms with Gasteiger partial charge in [0.1, 0.15) is 0 Å². The van der Waals surface area contributed by atoms with Crippen LogP contribution in [-0.2, 0) is 13.1 Å². The molecule has 5 rings (SSSR count). The quantitative estimate of drug-likeness (QED) is 0.464. The fourth-order valence-corrected chi connectivity index (χ4v) is 3.84. The maximum atomic E-state index is 13.3. The summed E-state index contributed by atoms with van der Waals surface area (Å²) in [5.41, 5.74) is 1.21. The monoisotopic (exact) mass is 470 g/mol. The highest BCUT2D eigenvalue weighted by Gasteiger charge is 2.21. The van der Waals surface area contributed by atoms with E-state index in [1.807, 2.05) is 31.2 Å². The number of nitrogens with one attached hydrogen (secondary N) is 1. The average Bonchev–Trinajstić information content (AvgIpc) is 3.34. The minimum atomic E-state index is -0.758. The van der Waals surface area contributed by atoms with Crippen molar-refractivity contribution in [3.63, 3.8) is 0 Å². The van der Waals surface area contributed by atoms with E-state index in [-0.39, 0.29) is 25.6 Å². The van der Waals surface area contributed by atoms with E-state index in [1.54, 1.807) is 48.5 Å². The maximum absolute atomic E-state index is 13.3. The van der Waals surface area contributed by atoms with Crippen LogP contribution in [-0.4, -0.2) is 27.0 Å². The Hall–Kier alpha value is -4.66. The molecule has 9 heteroatoms. The molecule has 0 atom stereocenters. The number of hydrogen-bond donors (Lipinski definition) is 1. The number of aromatic nitrogens is 3. The molecule has 0 spiro atoms. The number of nitrogens with zero attached hydrogens (tertiary/aromatic N) is 3. The molecule has 0 aliphatic carbocycles. The van der Waals surface area contributed by atoms with Crippen molar-refractivity contribution in [2.45, 2.75) is 20.0 Å². The topological polar surface area (TPSA) is 104 Å². The maximum Gasteiger partial charge on any atom is 0.352 e. The highest BCUT2D eigenvalue weighted by molar-refractivity contribution is 5.91. The smallest absolute Gasteiger partial charge is 0.352 e. The van der Waals surface area contributed by atoms with Crippen LogP contribution in [0.15, 0.2) is 82.4 Å². The Labute approximate surface area is 200 Å². The van der Waals surface area contributed by atoms with Gasteiger partial charge in [0.15, 0.2) is 11.5 Å². The Kier molecular flexibility index (Phi) is 5.88. The largest absolute Gasteiger partial charge is 0.454 e. The molecule has 35 heavy (non-hydrogen) atoms. The molecule has 1 amide bonds. The number of rotatable bonds is 6. The fraction of sp³-hybridized carbons (Fsp3) is 0.154. The summed E-state index contributed by atoms with van der Waals surface area (Å²) >= 11 is 0. The molecule has 0 bridgehead atoms. The second-order valence-corrected chi connectivity index (χ2v) is 8.13. The third kappa shape index (κ3) is 4.56. The molecule has 0 saturated carbocycles. The Morgan fingerprint density at radius 3 is 2.54 bits per heavy atom. The number of carbonyl (C=O) groups is 1.